The number of hydrogen-bond donors (Lipinski definition) is 1. The largest absolute Gasteiger partial charge is 0.480 e. The van der Waals surface area contributed by atoms with Gasteiger partial charge in [-0.05, 0) is 30.6 Å². The van der Waals surface area contributed by atoms with Crippen molar-refractivity contribution in [1.82, 2.24) is 0 Å². The van der Waals surface area contributed by atoms with Crippen LogP contribution in [-0.2, 0) is 14.3 Å². The first-order chi connectivity index (χ1) is 8.85. The Balaban J connectivity index is 5.43. The third kappa shape index (κ3) is 4.22. The smallest absolute Gasteiger partial charge is 0.324 e. The Labute approximate surface area is 122 Å². The number of carboxylic acid groups (broad SMARTS) is 1. The van der Waals surface area contributed by atoms with Crippen molar-refractivity contribution in [2.45, 2.75) is 67.9 Å². The quantitative estimate of drug-likeness (QED) is 0.597. The topological polar surface area (TPSA) is 63.6 Å². The first-order valence-electron chi connectivity index (χ1n) is 7.30. The third-order valence-corrected chi connectivity index (χ3v) is 3.97. The molecule has 0 spiro atoms. The molecule has 0 fully saturated rings. The van der Waals surface area contributed by atoms with E-state index in [1.807, 2.05) is 34.6 Å². The van der Waals surface area contributed by atoms with Gasteiger partial charge in [-0.3, -0.25) is 9.59 Å². The van der Waals surface area contributed by atoms with Crippen LogP contribution in [0.3, 0.4) is 0 Å². The van der Waals surface area contributed by atoms with Crippen molar-refractivity contribution in [2.75, 3.05) is 0 Å². The zero-order valence-corrected chi connectivity index (χ0v) is 14.1. The number of hydrogen-bond acceptors (Lipinski definition) is 3. The predicted molar refractivity (Wildman–Crippen MR) is 79.4 cm³/mol. The van der Waals surface area contributed by atoms with Gasteiger partial charge in [-0.2, -0.15) is 0 Å². The number of rotatable bonds is 6. The zero-order chi connectivity index (χ0) is 16.3. The minimum atomic E-state index is -1.46. The molecule has 0 amide bonds. The highest BCUT2D eigenvalue weighted by Crippen LogP contribution is 2.38. The second-order valence-electron chi connectivity index (χ2n) is 7.44. The second-order valence-corrected chi connectivity index (χ2v) is 7.44. The maximum atomic E-state index is 12.5. The number of carboxylic acids is 1. The Kier molecular flexibility index (Phi) is 6.25. The summed E-state index contributed by atoms with van der Waals surface area (Å²) in [5, 5.41) is 9.63. The predicted octanol–water partition coefficient (Wildman–Crippen LogP) is 3.74. The van der Waals surface area contributed by atoms with Crippen LogP contribution in [0.15, 0.2) is 0 Å². The summed E-state index contributed by atoms with van der Waals surface area (Å²) >= 11 is 0. The van der Waals surface area contributed by atoms with Crippen molar-refractivity contribution >= 4 is 11.9 Å². The molecular formula is C16H30O4. The molecule has 0 aliphatic rings. The van der Waals surface area contributed by atoms with Gasteiger partial charge in [0.05, 0.1) is 0 Å². The van der Waals surface area contributed by atoms with Crippen molar-refractivity contribution in [1.29, 1.82) is 0 Å². The SMILES string of the molecule is CC(C)CC(C(=O)O)(C(=O)OC(C)C(C)(C)C)C(C)C. The lowest BCUT2D eigenvalue weighted by molar-refractivity contribution is -0.181. The standard InChI is InChI=1S/C16H30O4/c1-10(2)9-16(11(3)4,13(17)18)14(19)20-12(5)15(6,7)8/h10-12H,9H2,1-8H3,(H,17,18). The van der Waals surface area contributed by atoms with E-state index in [9.17, 15) is 14.7 Å². The molecule has 0 aliphatic heterocycles. The van der Waals surface area contributed by atoms with E-state index in [0.29, 0.717) is 0 Å². The van der Waals surface area contributed by atoms with Crippen LogP contribution in [0, 0.1) is 22.7 Å². The molecule has 2 unspecified atom stereocenters. The summed E-state index contributed by atoms with van der Waals surface area (Å²) < 4.78 is 5.48. The van der Waals surface area contributed by atoms with Crippen LogP contribution in [0.2, 0.25) is 0 Å². The maximum absolute atomic E-state index is 12.5. The summed E-state index contributed by atoms with van der Waals surface area (Å²) in [7, 11) is 0. The second kappa shape index (κ2) is 6.59. The molecule has 0 aromatic carbocycles. The molecule has 0 aromatic rings. The molecule has 0 rings (SSSR count). The van der Waals surface area contributed by atoms with E-state index in [2.05, 4.69) is 0 Å². The summed E-state index contributed by atoms with van der Waals surface area (Å²) in [5.74, 6) is -1.92. The van der Waals surface area contributed by atoms with Gasteiger partial charge in [0.2, 0.25) is 0 Å². The van der Waals surface area contributed by atoms with Crippen molar-refractivity contribution in [3.63, 3.8) is 0 Å². The Morgan fingerprint density at radius 1 is 1.05 bits per heavy atom. The van der Waals surface area contributed by atoms with Crippen LogP contribution in [-0.4, -0.2) is 23.1 Å². The highest BCUT2D eigenvalue weighted by atomic mass is 16.5. The Morgan fingerprint density at radius 2 is 1.50 bits per heavy atom. The third-order valence-electron chi connectivity index (χ3n) is 3.97. The van der Waals surface area contributed by atoms with Crippen LogP contribution in [0.25, 0.3) is 0 Å². The maximum Gasteiger partial charge on any atom is 0.324 e. The number of carbonyl (C=O) groups is 2. The van der Waals surface area contributed by atoms with E-state index >= 15 is 0 Å². The van der Waals surface area contributed by atoms with Gasteiger partial charge < -0.3 is 9.84 Å². The van der Waals surface area contributed by atoms with Crippen LogP contribution in [0.5, 0.6) is 0 Å². The minimum Gasteiger partial charge on any atom is -0.480 e. The molecule has 4 heteroatoms. The molecule has 0 saturated heterocycles. The summed E-state index contributed by atoms with van der Waals surface area (Å²) in [6.07, 6.45) is -0.0463. The van der Waals surface area contributed by atoms with Gasteiger partial charge >= 0.3 is 11.9 Å². The summed E-state index contributed by atoms with van der Waals surface area (Å²) in [4.78, 5) is 24.3. The number of esters is 1. The highest BCUT2D eigenvalue weighted by molar-refractivity contribution is 5.99. The summed E-state index contributed by atoms with van der Waals surface area (Å²) in [6, 6.07) is 0. The molecule has 0 bridgehead atoms. The Hall–Kier alpha value is -1.06. The fourth-order valence-electron chi connectivity index (χ4n) is 2.06. The average molecular weight is 286 g/mol. The molecule has 0 saturated carbocycles. The first-order valence-corrected chi connectivity index (χ1v) is 7.30. The number of aliphatic carboxylic acids is 1. The van der Waals surface area contributed by atoms with Crippen molar-refractivity contribution in [3.8, 4) is 0 Å². The van der Waals surface area contributed by atoms with E-state index in [0.717, 1.165) is 0 Å². The van der Waals surface area contributed by atoms with Gasteiger partial charge in [-0.25, -0.2) is 0 Å². The number of ether oxygens (including phenoxy) is 1. The van der Waals surface area contributed by atoms with Gasteiger partial charge in [0, 0.05) is 0 Å². The lowest BCUT2D eigenvalue weighted by Gasteiger charge is -2.36. The van der Waals surface area contributed by atoms with Gasteiger partial charge in [0.1, 0.15) is 6.10 Å². The van der Waals surface area contributed by atoms with Crippen LogP contribution in [0.4, 0.5) is 0 Å². The Bertz CT molecular complexity index is 352. The van der Waals surface area contributed by atoms with Crippen LogP contribution >= 0.6 is 0 Å². The van der Waals surface area contributed by atoms with Gasteiger partial charge in [-0.1, -0.05) is 48.5 Å². The van der Waals surface area contributed by atoms with Crippen LogP contribution in [0.1, 0.15) is 61.8 Å². The zero-order valence-electron chi connectivity index (χ0n) is 14.1. The van der Waals surface area contributed by atoms with E-state index in [1.54, 1.807) is 20.8 Å². The minimum absolute atomic E-state index is 0.103. The molecular weight excluding hydrogens is 256 g/mol. The molecule has 4 nitrogen and oxygen atoms in total. The summed E-state index contributed by atoms with van der Waals surface area (Å²) in [5.41, 5.74) is -1.68. The van der Waals surface area contributed by atoms with E-state index in [1.165, 1.54) is 0 Å². The monoisotopic (exact) mass is 286 g/mol. The molecule has 0 aromatic heterocycles. The molecule has 20 heavy (non-hydrogen) atoms. The van der Waals surface area contributed by atoms with Gasteiger partial charge in [0.15, 0.2) is 5.41 Å². The van der Waals surface area contributed by atoms with E-state index < -0.39 is 17.4 Å². The molecule has 2 atom stereocenters. The van der Waals surface area contributed by atoms with Crippen LogP contribution < -0.4 is 0 Å². The first kappa shape index (κ1) is 18.9. The Morgan fingerprint density at radius 3 is 1.75 bits per heavy atom. The highest BCUT2D eigenvalue weighted by Gasteiger charge is 2.51. The lowest BCUT2D eigenvalue weighted by atomic mass is 9.71. The van der Waals surface area contributed by atoms with Gasteiger partial charge in [-0.15, -0.1) is 0 Å². The normalized spacial score (nSPS) is 16.9. The lowest BCUT2D eigenvalue weighted by Crippen LogP contribution is -2.48. The molecule has 0 radical (unpaired) electrons. The summed E-state index contributed by atoms with van der Waals surface area (Å²) in [6.45, 7) is 15.1. The van der Waals surface area contributed by atoms with Crippen molar-refractivity contribution < 1.29 is 19.4 Å². The van der Waals surface area contributed by atoms with Crippen molar-refractivity contribution in [2.24, 2.45) is 22.7 Å². The van der Waals surface area contributed by atoms with Crippen molar-refractivity contribution in [3.05, 3.63) is 0 Å². The average Bonchev–Trinajstić information content (AvgIpc) is 2.22. The fraction of sp³-hybridized carbons (Fsp3) is 0.875. The molecule has 1 N–H and O–H groups in total. The molecule has 0 aliphatic carbocycles. The number of carbonyl (C=O) groups excluding carboxylic acids is 1. The van der Waals surface area contributed by atoms with E-state index in [4.69, 9.17) is 4.74 Å². The fourth-order valence-corrected chi connectivity index (χ4v) is 2.06. The van der Waals surface area contributed by atoms with E-state index in [-0.39, 0.29) is 29.8 Å². The molecule has 118 valence electrons. The molecule has 0 heterocycles. The van der Waals surface area contributed by atoms with Gasteiger partial charge in [0.25, 0.3) is 0 Å².